The summed E-state index contributed by atoms with van der Waals surface area (Å²) in [4.78, 5) is 14.0. The summed E-state index contributed by atoms with van der Waals surface area (Å²) in [6, 6.07) is 11.2. The van der Waals surface area contributed by atoms with Gasteiger partial charge in [-0.05, 0) is 36.9 Å². The number of benzene rings is 1. The Morgan fingerprint density at radius 2 is 2.10 bits per heavy atom. The lowest BCUT2D eigenvalue weighted by Crippen LogP contribution is -2.31. The van der Waals surface area contributed by atoms with E-state index < -0.39 is 6.09 Å². The summed E-state index contributed by atoms with van der Waals surface area (Å²) in [7, 11) is 0. The first-order valence-corrected chi connectivity index (χ1v) is 7.35. The Bertz CT molecular complexity index is 554. The fraction of sp³-hybridized carbons (Fsp3) is 0.267. The Morgan fingerprint density at radius 1 is 1.30 bits per heavy atom. The van der Waals surface area contributed by atoms with Gasteiger partial charge >= 0.3 is 6.09 Å². The number of para-hydroxylation sites is 2. The van der Waals surface area contributed by atoms with E-state index in [2.05, 4.69) is 0 Å². The Balaban J connectivity index is 2.17. The van der Waals surface area contributed by atoms with E-state index in [1.165, 1.54) is 9.78 Å². The van der Waals surface area contributed by atoms with E-state index in [1.54, 1.807) is 23.5 Å². The first-order valence-electron chi connectivity index (χ1n) is 6.47. The summed E-state index contributed by atoms with van der Waals surface area (Å²) in [5, 5.41) is 11.4. The molecule has 2 rings (SSSR count). The van der Waals surface area contributed by atoms with Gasteiger partial charge in [-0.1, -0.05) is 18.2 Å². The molecular weight excluding hydrogens is 274 g/mol. The van der Waals surface area contributed by atoms with Crippen LogP contribution in [0.25, 0.3) is 0 Å². The number of hydrogen-bond donors (Lipinski definition) is 1. The Kier molecular flexibility index (Phi) is 5.01. The van der Waals surface area contributed by atoms with E-state index in [0.717, 1.165) is 0 Å². The van der Waals surface area contributed by atoms with Gasteiger partial charge in [0.05, 0.1) is 12.3 Å². The number of rotatable bonds is 6. The second-order valence-corrected chi connectivity index (χ2v) is 5.20. The molecule has 1 aromatic heterocycles. The first kappa shape index (κ1) is 14.4. The van der Waals surface area contributed by atoms with Crippen molar-refractivity contribution < 1.29 is 14.6 Å². The third kappa shape index (κ3) is 3.51. The Morgan fingerprint density at radius 3 is 2.75 bits per heavy atom. The lowest BCUT2D eigenvalue weighted by Gasteiger charge is -2.21. The average molecular weight is 291 g/mol. The van der Waals surface area contributed by atoms with Gasteiger partial charge in [-0.25, -0.2) is 4.79 Å². The van der Waals surface area contributed by atoms with E-state index >= 15 is 0 Å². The molecule has 0 aliphatic rings. The van der Waals surface area contributed by atoms with Crippen molar-refractivity contribution in [2.45, 2.75) is 13.3 Å². The molecule has 20 heavy (non-hydrogen) atoms. The van der Waals surface area contributed by atoms with Crippen LogP contribution in [0.4, 0.5) is 10.5 Å². The molecule has 0 fully saturated rings. The zero-order chi connectivity index (χ0) is 14.4. The van der Waals surface area contributed by atoms with Crippen LogP contribution in [0.3, 0.4) is 0 Å². The molecule has 0 aliphatic carbocycles. The molecule has 1 N–H and O–H groups in total. The summed E-state index contributed by atoms with van der Waals surface area (Å²) >= 11 is 1.64. The number of carboxylic acid groups (broad SMARTS) is 1. The van der Waals surface area contributed by atoms with Gasteiger partial charge in [0.25, 0.3) is 0 Å². The van der Waals surface area contributed by atoms with E-state index in [4.69, 9.17) is 4.74 Å². The summed E-state index contributed by atoms with van der Waals surface area (Å²) in [5.41, 5.74) is 0.596. The van der Waals surface area contributed by atoms with Crippen LogP contribution in [0.1, 0.15) is 11.8 Å². The van der Waals surface area contributed by atoms with Gasteiger partial charge in [0.15, 0.2) is 0 Å². The third-order valence-corrected chi connectivity index (χ3v) is 3.78. The lowest BCUT2D eigenvalue weighted by atomic mass is 10.2. The molecule has 1 heterocycles. The molecule has 0 bridgehead atoms. The fourth-order valence-electron chi connectivity index (χ4n) is 1.95. The molecule has 0 unspecified atom stereocenters. The summed E-state index contributed by atoms with van der Waals surface area (Å²) in [5.74, 6) is 0.601. The van der Waals surface area contributed by atoms with E-state index in [9.17, 15) is 9.90 Å². The maximum Gasteiger partial charge on any atom is 0.411 e. The van der Waals surface area contributed by atoms with Crippen molar-refractivity contribution in [3.8, 4) is 5.75 Å². The zero-order valence-electron chi connectivity index (χ0n) is 11.3. The number of nitrogens with zero attached hydrogens (tertiary/aromatic N) is 1. The van der Waals surface area contributed by atoms with E-state index in [1.807, 2.05) is 36.6 Å². The molecule has 0 radical (unpaired) electrons. The molecule has 1 amide bonds. The number of thiophene rings is 1. The van der Waals surface area contributed by atoms with Crippen molar-refractivity contribution in [3.63, 3.8) is 0 Å². The smallest absolute Gasteiger partial charge is 0.411 e. The van der Waals surface area contributed by atoms with Crippen molar-refractivity contribution >= 4 is 23.1 Å². The average Bonchev–Trinajstić information content (AvgIpc) is 2.94. The third-order valence-electron chi connectivity index (χ3n) is 2.85. The monoisotopic (exact) mass is 291 g/mol. The topological polar surface area (TPSA) is 49.8 Å². The number of ether oxygens (including phenoxy) is 1. The second-order valence-electron chi connectivity index (χ2n) is 4.16. The number of hydrogen-bond acceptors (Lipinski definition) is 3. The Labute approximate surface area is 122 Å². The van der Waals surface area contributed by atoms with E-state index in [-0.39, 0.29) is 0 Å². The molecule has 4 nitrogen and oxygen atoms in total. The van der Waals surface area contributed by atoms with Crippen LogP contribution in [-0.2, 0) is 6.42 Å². The number of anilines is 1. The minimum Gasteiger partial charge on any atom is -0.492 e. The SMILES string of the molecule is CCOc1ccccc1N(CCc1cccs1)C(=O)O. The van der Waals surface area contributed by atoms with Crippen molar-refractivity contribution in [3.05, 3.63) is 46.7 Å². The summed E-state index contributed by atoms with van der Waals surface area (Å²) in [6.45, 7) is 2.81. The quantitative estimate of drug-likeness (QED) is 0.878. The standard InChI is InChI=1S/C15H17NO3S/c1-2-19-14-8-4-3-7-13(14)16(15(17)18)10-9-12-6-5-11-20-12/h3-8,11H,2,9-10H2,1H3,(H,17,18). The molecule has 2 aromatic rings. The Hall–Kier alpha value is -2.01. The number of amides is 1. The van der Waals surface area contributed by atoms with Crippen LogP contribution >= 0.6 is 11.3 Å². The van der Waals surface area contributed by atoms with Crippen molar-refractivity contribution in [1.29, 1.82) is 0 Å². The number of carbonyl (C=O) groups is 1. The van der Waals surface area contributed by atoms with Crippen molar-refractivity contribution in [2.24, 2.45) is 0 Å². The lowest BCUT2D eigenvalue weighted by molar-refractivity contribution is 0.201. The van der Waals surface area contributed by atoms with Gasteiger partial charge in [0.1, 0.15) is 5.75 Å². The zero-order valence-corrected chi connectivity index (χ0v) is 12.1. The van der Waals surface area contributed by atoms with Crippen LogP contribution in [0.15, 0.2) is 41.8 Å². The minimum atomic E-state index is -0.964. The van der Waals surface area contributed by atoms with E-state index in [0.29, 0.717) is 31.0 Å². The highest BCUT2D eigenvalue weighted by atomic mass is 32.1. The van der Waals surface area contributed by atoms with Crippen LogP contribution in [0.5, 0.6) is 5.75 Å². The van der Waals surface area contributed by atoms with Gasteiger partial charge in [0.2, 0.25) is 0 Å². The van der Waals surface area contributed by atoms with Crippen molar-refractivity contribution in [2.75, 3.05) is 18.1 Å². The molecule has 0 spiro atoms. The highest BCUT2D eigenvalue weighted by Crippen LogP contribution is 2.28. The van der Waals surface area contributed by atoms with Gasteiger partial charge in [-0.2, -0.15) is 0 Å². The molecule has 1 aromatic carbocycles. The molecule has 0 saturated heterocycles. The molecule has 0 saturated carbocycles. The second kappa shape index (κ2) is 6.96. The summed E-state index contributed by atoms with van der Waals surface area (Å²) < 4.78 is 5.50. The van der Waals surface area contributed by atoms with Gasteiger partial charge in [0, 0.05) is 11.4 Å². The highest BCUT2D eigenvalue weighted by molar-refractivity contribution is 7.09. The summed E-state index contributed by atoms with van der Waals surface area (Å²) in [6.07, 6.45) is -0.265. The highest BCUT2D eigenvalue weighted by Gasteiger charge is 2.18. The molecule has 106 valence electrons. The first-order chi connectivity index (χ1) is 9.72. The van der Waals surface area contributed by atoms with Crippen LogP contribution in [0, 0.1) is 0 Å². The molecular formula is C15H17NO3S. The fourth-order valence-corrected chi connectivity index (χ4v) is 2.65. The van der Waals surface area contributed by atoms with Gasteiger partial charge in [-0.3, -0.25) is 4.90 Å². The van der Waals surface area contributed by atoms with Gasteiger partial charge < -0.3 is 9.84 Å². The van der Waals surface area contributed by atoms with Gasteiger partial charge in [-0.15, -0.1) is 11.3 Å². The van der Waals surface area contributed by atoms with Crippen molar-refractivity contribution in [1.82, 2.24) is 0 Å². The molecule has 0 aliphatic heterocycles. The normalized spacial score (nSPS) is 10.2. The van der Waals surface area contributed by atoms with Crippen LogP contribution in [-0.4, -0.2) is 24.4 Å². The largest absolute Gasteiger partial charge is 0.492 e. The van der Waals surface area contributed by atoms with Crippen LogP contribution in [0.2, 0.25) is 0 Å². The minimum absolute atomic E-state index is 0.417. The predicted molar refractivity (Wildman–Crippen MR) is 81.0 cm³/mol. The maximum atomic E-state index is 11.5. The molecule has 5 heteroatoms. The van der Waals surface area contributed by atoms with Crippen LogP contribution < -0.4 is 9.64 Å². The molecule has 0 atom stereocenters. The maximum absolute atomic E-state index is 11.5. The predicted octanol–water partition coefficient (Wildman–Crippen LogP) is 3.87.